The number of hydrogen-bond acceptors (Lipinski definition) is 4. The van der Waals surface area contributed by atoms with Crippen molar-refractivity contribution in [2.24, 2.45) is 7.05 Å². The van der Waals surface area contributed by atoms with Crippen LogP contribution in [0.2, 0.25) is 0 Å². The van der Waals surface area contributed by atoms with Crippen LogP contribution in [0.15, 0.2) is 42.6 Å². The first-order valence-corrected chi connectivity index (χ1v) is 7.73. The van der Waals surface area contributed by atoms with Gasteiger partial charge in [-0.3, -0.25) is 14.4 Å². The molecule has 0 radical (unpaired) electrons. The van der Waals surface area contributed by atoms with Gasteiger partial charge in [0.05, 0.1) is 11.4 Å². The lowest BCUT2D eigenvalue weighted by atomic mass is 9.87. The topological polar surface area (TPSA) is 82.2 Å². The van der Waals surface area contributed by atoms with Crippen LogP contribution in [-0.2, 0) is 11.8 Å². The highest BCUT2D eigenvalue weighted by atomic mass is 16.2. The molecule has 0 atom stereocenters. The Morgan fingerprint density at radius 2 is 1.83 bits per heavy atom. The largest absolute Gasteiger partial charge is 0.397 e. The highest BCUT2D eigenvalue weighted by Crippen LogP contribution is 2.27. The maximum atomic E-state index is 11.6. The number of carbonyl (C=O) groups is 3. The minimum Gasteiger partial charge on any atom is -0.397 e. The fourth-order valence-corrected chi connectivity index (χ4v) is 2.60. The molecule has 2 N–H and O–H groups in total. The van der Waals surface area contributed by atoms with Crippen molar-refractivity contribution >= 4 is 29.1 Å². The van der Waals surface area contributed by atoms with Crippen molar-refractivity contribution < 1.29 is 14.4 Å². The fourth-order valence-electron chi connectivity index (χ4n) is 2.60. The molecule has 0 fully saturated rings. The Morgan fingerprint density at radius 1 is 1.17 bits per heavy atom. The van der Waals surface area contributed by atoms with Crippen molar-refractivity contribution in [3.05, 3.63) is 59.4 Å². The van der Waals surface area contributed by atoms with Crippen LogP contribution >= 0.6 is 0 Å². The molecular weight excluding hydrogens is 304 g/mol. The summed E-state index contributed by atoms with van der Waals surface area (Å²) in [5, 5.41) is 0. The highest BCUT2D eigenvalue weighted by molar-refractivity contribution is 6.50. The van der Waals surface area contributed by atoms with Crippen LogP contribution in [0.4, 0.5) is 5.69 Å². The van der Waals surface area contributed by atoms with E-state index in [0.29, 0.717) is 16.9 Å². The molecule has 1 heterocycles. The average molecular weight is 324 g/mol. The normalized spacial score (nSPS) is 12.8. The lowest BCUT2D eigenvalue weighted by Gasteiger charge is -2.15. The maximum absolute atomic E-state index is 11.6. The van der Waals surface area contributed by atoms with Crippen molar-refractivity contribution in [3.8, 4) is 0 Å². The van der Waals surface area contributed by atoms with E-state index >= 15 is 0 Å². The number of carbonyl (C=O) groups excluding carboxylic acids is 3. The molecule has 1 aliphatic carbocycles. The van der Waals surface area contributed by atoms with Crippen molar-refractivity contribution in [2.45, 2.75) is 19.8 Å². The Morgan fingerprint density at radius 3 is 2.33 bits per heavy atom. The van der Waals surface area contributed by atoms with Gasteiger partial charge < -0.3 is 10.3 Å². The van der Waals surface area contributed by atoms with E-state index in [2.05, 4.69) is 6.92 Å². The molecule has 0 spiro atoms. The van der Waals surface area contributed by atoms with Crippen molar-refractivity contribution in [1.29, 1.82) is 0 Å². The molecule has 0 amide bonds. The molecule has 24 heavy (non-hydrogen) atoms. The molecule has 124 valence electrons. The molecule has 1 aliphatic rings. The van der Waals surface area contributed by atoms with E-state index in [-0.39, 0.29) is 5.78 Å². The summed E-state index contributed by atoms with van der Waals surface area (Å²) in [6, 6.07) is 8.94. The van der Waals surface area contributed by atoms with Crippen molar-refractivity contribution in [1.82, 2.24) is 4.57 Å². The summed E-state index contributed by atoms with van der Waals surface area (Å²) in [6.07, 6.45) is 5.77. The lowest BCUT2D eigenvalue weighted by Crippen LogP contribution is -2.18. The van der Waals surface area contributed by atoms with E-state index in [1.54, 1.807) is 36.0 Å². The Kier molecular flexibility index (Phi) is 5.47. The second-order valence-electron chi connectivity index (χ2n) is 5.59. The van der Waals surface area contributed by atoms with E-state index in [1.807, 2.05) is 12.1 Å². The number of aryl methyl sites for hydroxylation is 1. The Hall–Kier alpha value is -2.95. The number of fused-ring (bicyclic) bond motifs is 1. The van der Waals surface area contributed by atoms with E-state index in [0.717, 1.165) is 30.3 Å². The van der Waals surface area contributed by atoms with E-state index in [9.17, 15) is 14.4 Å². The quantitative estimate of drug-likeness (QED) is 0.695. The number of anilines is 1. The molecule has 0 saturated carbocycles. The first-order valence-electron chi connectivity index (χ1n) is 7.73. The number of aromatic nitrogens is 1. The van der Waals surface area contributed by atoms with E-state index in [4.69, 9.17) is 5.73 Å². The number of aldehydes is 1. The summed E-state index contributed by atoms with van der Waals surface area (Å²) >= 11 is 0. The predicted octanol–water partition coefficient (Wildman–Crippen LogP) is 3.06. The molecular formula is C19H20N2O3. The van der Waals surface area contributed by atoms with Crippen molar-refractivity contribution in [2.75, 3.05) is 5.73 Å². The summed E-state index contributed by atoms with van der Waals surface area (Å²) in [5.41, 5.74) is 9.06. The molecule has 5 heteroatoms. The van der Waals surface area contributed by atoms with Crippen LogP contribution < -0.4 is 5.73 Å². The number of nitrogen functional groups attached to an aromatic ring is 1. The minimum absolute atomic E-state index is 0.384. The summed E-state index contributed by atoms with van der Waals surface area (Å²) in [7, 11) is 1.78. The molecule has 0 aliphatic heterocycles. The van der Waals surface area contributed by atoms with Gasteiger partial charge in [0.15, 0.2) is 6.29 Å². The third-order valence-electron chi connectivity index (χ3n) is 3.75. The van der Waals surface area contributed by atoms with Crippen LogP contribution in [-0.4, -0.2) is 22.4 Å². The molecule has 2 aromatic rings. The number of hydrogen-bond donors (Lipinski definition) is 1. The zero-order chi connectivity index (χ0) is 17.7. The van der Waals surface area contributed by atoms with Gasteiger partial charge in [-0.25, -0.2) is 0 Å². The number of ketones is 2. The third kappa shape index (κ3) is 3.68. The van der Waals surface area contributed by atoms with Crippen molar-refractivity contribution in [3.63, 3.8) is 0 Å². The van der Waals surface area contributed by atoms with Crippen LogP contribution in [0, 0.1) is 0 Å². The second-order valence-corrected chi connectivity index (χ2v) is 5.59. The van der Waals surface area contributed by atoms with Crippen LogP contribution in [0.25, 0.3) is 5.57 Å². The zero-order valence-electron chi connectivity index (χ0n) is 13.8. The average Bonchev–Trinajstić information content (AvgIpc) is 2.91. The maximum Gasteiger partial charge on any atom is 0.233 e. The number of allylic oxidation sites excluding steroid dienone is 2. The van der Waals surface area contributed by atoms with Gasteiger partial charge in [0.25, 0.3) is 0 Å². The van der Waals surface area contributed by atoms with Gasteiger partial charge in [-0.1, -0.05) is 37.6 Å². The molecule has 1 aromatic carbocycles. The van der Waals surface area contributed by atoms with E-state index < -0.39 is 5.78 Å². The van der Waals surface area contributed by atoms with Gasteiger partial charge in [0, 0.05) is 18.8 Å². The molecule has 0 bridgehead atoms. The Bertz CT molecular complexity index is 816. The number of benzene rings is 1. The van der Waals surface area contributed by atoms with Crippen LogP contribution in [0.1, 0.15) is 46.2 Å². The lowest BCUT2D eigenvalue weighted by molar-refractivity contribution is -0.111. The number of Topliss-reactive ketones (excluding diaryl/α,β-unsaturated/α-hetero) is 1. The number of rotatable bonds is 3. The third-order valence-corrected chi connectivity index (χ3v) is 3.75. The fraction of sp³-hybridized carbons (Fsp3) is 0.211. The molecule has 1 aromatic heterocycles. The SMILES string of the molecule is CCCC1=CC(=O)C(=O)c2ccccc21.Cn1cc(N)cc1C=O. The Balaban J connectivity index is 0.000000198. The minimum atomic E-state index is -0.392. The number of nitrogens with two attached hydrogens (primary N) is 1. The summed E-state index contributed by atoms with van der Waals surface area (Å²) in [6.45, 7) is 2.06. The van der Waals surface area contributed by atoms with Crippen LogP contribution in [0.3, 0.4) is 0 Å². The van der Waals surface area contributed by atoms with Gasteiger partial charge in [-0.15, -0.1) is 0 Å². The highest BCUT2D eigenvalue weighted by Gasteiger charge is 2.24. The van der Waals surface area contributed by atoms with Gasteiger partial charge in [0.2, 0.25) is 11.6 Å². The zero-order valence-corrected chi connectivity index (χ0v) is 13.8. The monoisotopic (exact) mass is 324 g/mol. The summed E-state index contributed by atoms with van der Waals surface area (Å²) < 4.78 is 1.68. The standard InChI is InChI=1S/C13H12O2.C6H8N2O/c1-2-5-9-8-12(14)13(15)11-7-4-3-6-10(9)11;1-8-3-5(7)2-6(8)4-9/h3-4,6-8H,2,5H2,1H3;2-4H,7H2,1H3. The Labute approximate surface area is 140 Å². The van der Waals surface area contributed by atoms with Crippen LogP contribution in [0.5, 0.6) is 0 Å². The first kappa shape index (κ1) is 17.4. The molecule has 5 nitrogen and oxygen atoms in total. The summed E-state index contributed by atoms with van der Waals surface area (Å²) in [4.78, 5) is 33.2. The summed E-state index contributed by atoms with van der Waals surface area (Å²) in [5.74, 6) is -0.775. The van der Waals surface area contributed by atoms with Gasteiger partial charge >= 0.3 is 0 Å². The molecule has 0 saturated heterocycles. The van der Waals surface area contributed by atoms with Gasteiger partial charge in [0.1, 0.15) is 0 Å². The second kappa shape index (κ2) is 7.55. The van der Waals surface area contributed by atoms with Gasteiger partial charge in [-0.05, 0) is 29.7 Å². The first-order chi connectivity index (χ1) is 11.5. The number of nitrogens with zero attached hydrogens (tertiary/aromatic N) is 1. The smallest absolute Gasteiger partial charge is 0.233 e. The molecule has 3 rings (SSSR count). The van der Waals surface area contributed by atoms with Gasteiger partial charge in [-0.2, -0.15) is 0 Å². The predicted molar refractivity (Wildman–Crippen MR) is 93.9 cm³/mol. The van der Waals surface area contributed by atoms with E-state index in [1.165, 1.54) is 6.08 Å². The molecule has 0 unspecified atom stereocenters.